The Morgan fingerprint density at radius 2 is 1.90 bits per heavy atom. The van der Waals surface area contributed by atoms with E-state index in [2.05, 4.69) is 9.72 Å². The summed E-state index contributed by atoms with van der Waals surface area (Å²) in [6.07, 6.45) is 2.87. The van der Waals surface area contributed by atoms with Crippen LogP contribution in [0.4, 0.5) is 0 Å². The highest BCUT2D eigenvalue weighted by Gasteiger charge is 2.17. The first-order valence-electron chi connectivity index (χ1n) is 6.01. The maximum Gasteiger partial charge on any atom is 0.362 e. The van der Waals surface area contributed by atoms with Gasteiger partial charge in [0.1, 0.15) is 5.69 Å². The molecule has 1 aromatic carbocycles. The second-order valence-electron chi connectivity index (χ2n) is 4.14. The Kier molecular flexibility index (Phi) is 4.22. The molecule has 2 aromatic rings. The largest absolute Gasteiger partial charge is 0.493 e. The van der Waals surface area contributed by atoms with Crippen LogP contribution in [0.15, 0.2) is 30.7 Å². The molecule has 0 N–H and O–H groups in total. The van der Waals surface area contributed by atoms with Gasteiger partial charge in [-0.3, -0.25) is 0 Å². The minimum Gasteiger partial charge on any atom is -0.493 e. The standard InChI is InChI=1S/C14H14N2O5/c1-16-8-15-7-10(16)14(18)21-12-6-9(13(17)20-3)4-5-11(12)19-2/h4-8H,1-3H3. The Hall–Kier alpha value is -2.83. The van der Waals surface area contributed by atoms with Gasteiger partial charge in [0.05, 0.1) is 32.3 Å². The minimum absolute atomic E-state index is 0.131. The van der Waals surface area contributed by atoms with E-state index in [0.29, 0.717) is 5.75 Å². The van der Waals surface area contributed by atoms with Gasteiger partial charge in [-0.25, -0.2) is 14.6 Å². The highest BCUT2D eigenvalue weighted by Crippen LogP contribution is 2.29. The van der Waals surface area contributed by atoms with Gasteiger partial charge in [0.25, 0.3) is 0 Å². The molecule has 110 valence electrons. The molecule has 2 rings (SSSR count). The van der Waals surface area contributed by atoms with E-state index in [1.807, 2.05) is 0 Å². The van der Waals surface area contributed by atoms with E-state index in [-0.39, 0.29) is 17.0 Å². The number of esters is 2. The van der Waals surface area contributed by atoms with Crippen molar-refractivity contribution in [1.29, 1.82) is 0 Å². The smallest absolute Gasteiger partial charge is 0.362 e. The third kappa shape index (κ3) is 3.02. The maximum atomic E-state index is 12.1. The molecule has 0 aliphatic heterocycles. The van der Waals surface area contributed by atoms with Crippen molar-refractivity contribution < 1.29 is 23.8 Å². The van der Waals surface area contributed by atoms with E-state index in [9.17, 15) is 9.59 Å². The van der Waals surface area contributed by atoms with Gasteiger partial charge >= 0.3 is 11.9 Å². The molecular weight excluding hydrogens is 276 g/mol. The van der Waals surface area contributed by atoms with Crippen LogP contribution >= 0.6 is 0 Å². The second kappa shape index (κ2) is 6.08. The van der Waals surface area contributed by atoms with E-state index in [0.717, 1.165) is 0 Å². The van der Waals surface area contributed by atoms with Gasteiger partial charge in [-0.15, -0.1) is 0 Å². The number of benzene rings is 1. The summed E-state index contributed by atoms with van der Waals surface area (Å²) in [6.45, 7) is 0. The van der Waals surface area contributed by atoms with Gasteiger partial charge in [0.2, 0.25) is 0 Å². The lowest BCUT2D eigenvalue weighted by Gasteiger charge is -2.10. The minimum atomic E-state index is -0.602. The lowest BCUT2D eigenvalue weighted by Crippen LogP contribution is -2.13. The van der Waals surface area contributed by atoms with Gasteiger partial charge in [0.15, 0.2) is 11.5 Å². The summed E-state index contributed by atoms with van der Waals surface area (Å²) < 4.78 is 16.5. The van der Waals surface area contributed by atoms with Gasteiger partial charge in [0, 0.05) is 7.05 Å². The molecule has 0 bridgehead atoms. The normalized spacial score (nSPS) is 10.0. The molecule has 1 heterocycles. The molecule has 1 aromatic heterocycles. The predicted octanol–water partition coefficient (Wildman–Crippen LogP) is 1.43. The van der Waals surface area contributed by atoms with E-state index < -0.39 is 11.9 Å². The highest BCUT2D eigenvalue weighted by atomic mass is 16.6. The molecule has 0 radical (unpaired) electrons. The van der Waals surface area contributed by atoms with E-state index in [1.165, 1.54) is 49.5 Å². The SMILES string of the molecule is COC(=O)c1ccc(OC)c(OC(=O)c2cncn2C)c1. The van der Waals surface area contributed by atoms with Crippen LogP contribution in [0.1, 0.15) is 20.8 Å². The first kappa shape index (κ1) is 14.6. The zero-order valence-electron chi connectivity index (χ0n) is 11.8. The molecule has 0 unspecified atom stereocenters. The number of carbonyl (C=O) groups excluding carboxylic acids is 2. The van der Waals surface area contributed by atoms with Crippen LogP contribution < -0.4 is 9.47 Å². The summed E-state index contributed by atoms with van der Waals surface area (Å²) in [5.74, 6) is -0.671. The molecular formula is C14H14N2O5. The van der Waals surface area contributed by atoms with Gasteiger partial charge in [-0.1, -0.05) is 0 Å². The summed E-state index contributed by atoms with van der Waals surface area (Å²) in [5.41, 5.74) is 0.534. The number of rotatable bonds is 4. The predicted molar refractivity (Wildman–Crippen MR) is 72.5 cm³/mol. The first-order valence-corrected chi connectivity index (χ1v) is 6.01. The number of nitrogens with zero attached hydrogens (tertiary/aromatic N) is 2. The fraction of sp³-hybridized carbons (Fsp3) is 0.214. The van der Waals surface area contributed by atoms with Crippen molar-refractivity contribution >= 4 is 11.9 Å². The number of ether oxygens (including phenoxy) is 3. The highest BCUT2D eigenvalue weighted by molar-refractivity contribution is 5.92. The summed E-state index contributed by atoms with van der Waals surface area (Å²) in [4.78, 5) is 27.4. The molecule has 0 spiro atoms. The van der Waals surface area contributed by atoms with Crippen molar-refractivity contribution in [3.63, 3.8) is 0 Å². The third-order valence-electron chi connectivity index (χ3n) is 2.81. The van der Waals surface area contributed by atoms with Crippen LogP contribution in [0.25, 0.3) is 0 Å². The number of methoxy groups -OCH3 is 2. The van der Waals surface area contributed by atoms with Crippen LogP contribution in [-0.2, 0) is 11.8 Å². The van der Waals surface area contributed by atoms with Crippen LogP contribution in [0.5, 0.6) is 11.5 Å². The Morgan fingerprint density at radius 3 is 2.48 bits per heavy atom. The number of aromatic nitrogens is 2. The first-order chi connectivity index (χ1) is 10.1. The van der Waals surface area contributed by atoms with Crippen molar-refractivity contribution in [3.05, 3.63) is 42.0 Å². The molecule has 0 amide bonds. The quantitative estimate of drug-likeness (QED) is 0.626. The van der Waals surface area contributed by atoms with Crippen LogP contribution in [-0.4, -0.2) is 35.7 Å². The van der Waals surface area contributed by atoms with Gasteiger partial charge < -0.3 is 18.8 Å². The van der Waals surface area contributed by atoms with Crippen LogP contribution in [0.2, 0.25) is 0 Å². The average Bonchev–Trinajstić information content (AvgIpc) is 2.92. The molecule has 0 atom stereocenters. The molecule has 7 nitrogen and oxygen atoms in total. The number of carbonyl (C=O) groups is 2. The van der Waals surface area contributed by atoms with Crippen LogP contribution in [0, 0.1) is 0 Å². The molecule has 0 saturated carbocycles. The third-order valence-corrected chi connectivity index (χ3v) is 2.81. The number of hydrogen-bond donors (Lipinski definition) is 0. The molecule has 0 aliphatic carbocycles. The molecule has 0 saturated heterocycles. The molecule has 7 heteroatoms. The fourth-order valence-electron chi connectivity index (χ4n) is 1.71. The zero-order chi connectivity index (χ0) is 15.4. The van der Waals surface area contributed by atoms with Crippen molar-refractivity contribution in [3.8, 4) is 11.5 Å². The Balaban J connectivity index is 2.31. The number of aryl methyl sites for hydroxylation is 1. The van der Waals surface area contributed by atoms with Crippen molar-refractivity contribution in [2.45, 2.75) is 0 Å². The van der Waals surface area contributed by atoms with Crippen molar-refractivity contribution in [2.75, 3.05) is 14.2 Å². The van der Waals surface area contributed by atoms with Crippen molar-refractivity contribution in [2.24, 2.45) is 7.05 Å². The topological polar surface area (TPSA) is 79.7 Å². The molecule has 21 heavy (non-hydrogen) atoms. The molecule has 0 aliphatic rings. The monoisotopic (exact) mass is 290 g/mol. The Labute approximate surface area is 121 Å². The van der Waals surface area contributed by atoms with E-state index in [4.69, 9.17) is 9.47 Å². The lowest BCUT2D eigenvalue weighted by atomic mass is 10.2. The molecule has 0 fully saturated rings. The summed E-state index contributed by atoms with van der Waals surface area (Å²) in [7, 11) is 4.38. The fourth-order valence-corrected chi connectivity index (χ4v) is 1.71. The van der Waals surface area contributed by atoms with E-state index in [1.54, 1.807) is 7.05 Å². The summed E-state index contributed by atoms with van der Waals surface area (Å²) in [6, 6.07) is 4.43. The number of hydrogen-bond acceptors (Lipinski definition) is 6. The Bertz CT molecular complexity index is 678. The maximum absolute atomic E-state index is 12.1. The summed E-state index contributed by atoms with van der Waals surface area (Å²) >= 11 is 0. The number of imidazole rings is 1. The lowest BCUT2D eigenvalue weighted by molar-refractivity contribution is 0.0597. The van der Waals surface area contributed by atoms with Crippen molar-refractivity contribution in [1.82, 2.24) is 9.55 Å². The summed E-state index contributed by atoms with van der Waals surface area (Å²) in [5, 5.41) is 0. The van der Waals surface area contributed by atoms with Gasteiger partial charge in [-0.2, -0.15) is 0 Å². The van der Waals surface area contributed by atoms with E-state index >= 15 is 0 Å². The van der Waals surface area contributed by atoms with Gasteiger partial charge in [-0.05, 0) is 18.2 Å². The Morgan fingerprint density at radius 1 is 1.14 bits per heavy atom. The second-order valence-corrected chi connectivity index (χ2v) is 4.14. The van der Waals surface area contributed by atoms with Crippen LogP contribution in [0.3, 0.4) is 0 Å². The average molecular weight is 290 g/mol. The zero-order valence-corrected chi connectivity index (χ0v) is 11.8.